The summed E-state index contributed by atoms with van der Waals surface area (Å²) < 4.78 is 33.4. The van der Waals surface area contributed by atoms with Crippen LogP contribution in [-0.4, -0.2) is 41.2 Å². The molecule has 8 nitrogen and oxygen atoms in total. The van der Waals surface area contributed by atoms with Crippen LogP contribution in [0.2, 0.25) is 10.0 Å². The SMILES string of the molecule is CC1=CC(=C(c2cc(C)c(O)c(C(=O)O)c2)c2c(Cl)ccc(S(=O)(=O)O)c2Cl)C=C(C=O)C1=O. The molecule has 0 heterocycles. The molecule has 176 valence electrons. The van der Waals surface area contributed by atoms with E-state index in [1.54, 1.807) is 0 Å². The minimum absolute atomic E-state index is 0.0634. The first-order chi connectivity index (χ1) is 15.8. The number of aromatic carboxylic acids is 1. The molecule has 0 saturated carbocycles. The van der Waals surface area contributed by atoms with Crippen LogP contribution in [-0.2, 0) is 19.7 Å². The third-order valence-electron chi connectivity index (χ3n) is 5.12. The topological polar surface area (TPSA) is 146 Å². The van der Waals surface area contributed by atoms with Gasteiger partial charge >= 0.3 is 5.97 Å². The van der Waals surface area contributed by atoms with Gasteiger partial charge in [0.1, 0.15) is 16.2 Å². The number of aromatic hydroxyl groups is 1. The van der Waals surface area contributed by atoms with Gasteiger partial charge in [0.05, 0.1) is 15.6 Å². The zero-order valence-corrected chi connectivity index (χ0v) is 19.9. The van der Waals surface area contributed by atoms with E-state index >= 15 is 0 Å². The van der Waals surface area contributed by atoms with Crippen molar-refractivity contribution in [3.63, 3.8) is 0 Å². The Morgan fingerprint density at radius 1 is 1.09 bits per heavy atom. The minimum Gasteiger partial charge on any atom is -0.507 e. The number of benzene rings is 2. The second-order valence-electron chi connectivity index (χ2n) is 7.41. The molecular formula is C23H16Cl2O8S. The number of halogens is 2. The van der Waals surface area contributed by atoms with Gasteiger partial charge in [-0.25, -0.2) is 4.79 Å². The number of phenols is 1. The number of aldehydes is 1. The van der Waals surface area contributed by atoms with Crippen LogP contribution in [0.4, 0.5) is 0 Å². The van der Waals surface area contributed by atoms with E-state index < -0.39 is 43.1 Å². The van der Waals surface area contributed by atoms with Gasteiger partial charge in [-0.1, -0.05) is 23.2 Å². The van der Waals surface area contributed by atoms with E-state index in [4.69, 9.17) is 23.2 Å². The van der Waals surface area contributed by atoms with Crippen LogP contribution in [0.25, 0.3) is 5.57 Å². The molecule has 0 bridgehead atoms. The van der Waals surface area contributed by atoms with Gasteiger partial charge < -0.3 is 10.2 Å². The van der Waals surface area contributed by atoms with E-state index in [1.165, 1.54) is 38.1 Å². The van der Waals surface area contributed by atoms with Gasteiger partial charge in [-0.2, -0.15) is 8.42 Å². The minimum atomic E-state index is -4.78. The highest BCUT2D eigenvalue weighted by atomic mass is 35.5. The van der Waals surface area contributed by atoms with Crippen LogP contribution in [0, 0.1) is 6.92 Å². The average Bonchev–Trinajstić information content (AvgIpc) is 2.73. The maximum atomic E-state index is 12.3. The lowest BCUT2D eigenvalue weighted by molar-refractivity contribution is -0.114. The van der Waals surface area contributed by atoms with Crippen molar-refractivity contribution in [3.8, 4) is 5.75 Å². The van der Waals surface area contributed by atoms with E-state index in [9.17, 15) is 37.6 Å². The van der Waals surface area contributed by atoms with Gasteiger partial charge in [0, 0.05) is 5.56 Å². The lowest BCUT2D eigenvalue weighted by atomic mass is 9.86. The second-order valence-corrected chi connectivity index (χ2v) is 9.58. The summed E-state index contributed by atoms with van der Waals surface area (Å²) in [6.45, 7) is 2.91. The van der Waals surface area contributed by atoms with Crippen LogP contribution in [0.15, 0.2) is 58.0 Å². The van der Waals surface area contributed by atoms with Crippen LogP contribution in [0.3, 0.4) is 0 Å². The number of Topliss-reactive ketones (excluding diaryl/α,β-unsaturated/α-hetero) is 1. The first-order valence-corrected chi connectivity index (χ1v) is 11.6. The van der Waals surface area contributed by atoms with Crippen molar-refractivity contribution in [2.45, 2.75) is 18.7 Å². The molecule has 0 unspecified atom stereocenters. The highest BCUT2D eigenvalue weighted by molar-refractivity contribution is 7.86. The number of carbonyl (C=O) groups is 3. The summed E-state index contributed by atoms with van der Waals surface area (Å²) in [4.78, 5) is 34.9. The third-order valence-corrected chi connectivity index (χ3v) is 6.84. The third kappa shape index (κ3) is 4.55. The number of carboxylic acids is 1. The summed E-state index contributed by atoms with van der Waals surface area (Å²) in [5, 5.41) is 19.2. The van der Waals surface area contributed by atoms with E-state index in [0.29, 0.717) is 6.29 Å². The number of carbonyl (C=O) groups excluding carboxylic acids is 2. The fraction of sp³-hybridized carbons (Fsp3) is 0.0870. The largest absolute Gasteiger partial charge is 0.507 e. The standard InChI is InChI=1S/C23H16Cl2O8S/c1-10-5-12(7-14(9-26)21(10)27)18(13-6-11(2)22(28)15(8-13)23(29)30)19-16(24)3-4-17(20(19)25)34(31,32)33/h3-9,28H,1-2H3,(H,29,30)(H,31,32,33). The Morgan fingerprint density at radius 2 is 1.74 bits per heavy atom. The Morgan fingerprint density at radius 3 is 2.29 bits per heavy atom. The number of hydrogen-bond donors (Lipinski definition) is 3. The fourth-order valence-electron chi connectivity index (χ4n) is 3.54. The fourth-order valence-corrected chi connectivity index (χ4v) is 4.96. The van der Waals surface area contributed by atoms with E-state index in [0.717, 1.165) is 12.1 Å². The van der Waals surface area contributed by atoms with Crippen LogP contribution >= 0.6 is 23.2 Å². The Bertz CT molecular complexity index is 1480. The molecule has 2 aromatic carbocycles. The maximum Gasteiger partial charge on any atom is 0.339 e. The normalized spacial score (nSPS) is 15.5. The summed E-state index contributed by atoms with van der Waals surface area (Å²) in [5.41, 5.74) is -0.0384. The van der Waals surface area contributed by atoms with Crippen LogP contribution in [0.1, 0.15) is 34.0 Å². The molecule has 1 aliphatic carbocycles. The molecule has 0 amide bonds. The van der Waals surface area contributed by atoms with E-state index in [-0.39, 0.29) is 44.0 Å². The van der Waals surface area contributed by atoms with E-state index in [1.807, 2.05) is 0 Å². The number of ketones is 1. The predicted octanol–water partition coefficient (Wildman–Crippen LogP) is 4.41. The van der Waals surface area contributed by atoms with Crippen LogP contribution < -0.4 is 0 Å². The summed E-state index contributed by atoms with van der Waals surface area (Å²) in [6.07, 6.45) is 2.98. The molecule has 2 aromatic rings. The molecule has 0 radical (unpaired) electrons. The molecule has 0 saturated heterocycles. The van der Waals surface area contributed by atoms with Crippen molar-refractivity contribution in [1.29, 1.82) is 0 Å². The summed E-state index contributed by atoms with van der Waals surface area (Å²) in [5.74, 6) is -2.46. The first-order valence-electron chi connectivity index (χ1n) is 9.45. The van der Waals surface area contributed by atoms with Crippen molar-refractivity contribution < 1.29 is 37.6 Å². The van der Waals surface area contributed by atoms with Crippen molar-refractivity contribution in [2.75, 3.05) is 0 Å². The van der Waals surface area contributed by atoms with Gasteiger partial charge in [0.15, 0.2) is 12.1 Å². The lowest BCUT2D eigenvalue weighted by Gasteiger charge is -2.20. The molecular weight excluding hydrogens is 507 g/mol. The quantitative estimate of drug-likeness (QED) is 0.297. The Balaban J connectivity index is 2.58. The molecule has 0 fully saturated rings. The Hall–Kier alpha value is -3.24. The van der Waals surface area contributed by atoms with Crippen molar-refractivity contribution in [3.05, 3.63) is 85.4 Å². The second kappa shape index (κ2) is 9.19. The Kier molecular flexibility index (Phi) is 6.86. The number of aryl methyl sites for hydroxylation is 1. The number of hydrogen-bond acceptors (Lipinski definition) is 6. The number of allylic oxidation sites excluding steroid dienone is 5. The molecule has 0 atom stereocenters. The lowest BCUT2D eigenvalue weighted by Crippen LogP contribution is -2.11. The smallest absolute Gasteiger partial charge is 0.339 e. The molecule has 0 spiro atoms. The van der Waals surface area contributed by atoms with Gasteiger partial charge in [-0.3, -0.25) is 14.1 Å². The molecule has 11 heteroatoms. The highest BCUT2D eigenvalue weighted by Crippen LogP contribution is 2.43. The molecule has 3 N–H and O–H groups in total. The molecule has 0 aromatic heterocycles. The van der Waals surface area contributed by atoms with Gasteiger partial charge in [0.25, 0.3) is 10.1 Å². The van der Waals surface area contributed by atoms with E-state index in [2.05, 4.69) is 0 Å². The molecule has 34 heavy (non-hydrogen) atoms. The number of rotatable bonds is 5. The summed E-state index contributed by atoms with van der Waals surface area (Å²) >= 11 is 12.8. The average molecular weight is 523 g/mol. The van der Waals surface area contributed by atoms with Crippen molar-refractivity contribution in [1.82, 2.24) is 0 Å². The highest BCUT2D eigenvalue weighted by Gasteiger charge is 2.27. The molecule has 3 rings (SSSR count). The van der Waals surface area contributed by atoms with Crippen LogP contribution in [0.5, 0.6) is 5.75 Å². The van der Waals surface area contributed by atoms with Gasteiger partial charge in [-0.15, -0.1) is 0 Å². The van der Waals surface area contributed by atoms with Gasteiger partial charge in [0.2, 0.25) is 0 Å². The summed E-state index contributed by atoms with van der Waals surface area (Å²) in [6, 6.07) is 4.69. The zero-order chi connectivity index (χ0) is 25.5. The van der Waals surface area contributed by atoms with Crippen molar-refractivity contribution >= 4 is 56.9 Å². The van der Waals surface area contributed by atoms with Crippen molar-refractivity contribution in [2.24, 2.45) is 0 Å². The predicted molar refractivity (Wildman–Crippen MR) is 125 cm³/mol. The monoisotopic (exact) mass is 522 g/mol. The van der Waals surface area contributed by atoms with Gasteiger partial charge in [-0.05, 0) is 78.1 Å². The summed E-state index contributed by atoms with van der Waals surface area (Å²) in [7, 11) is -4.78. The Labute approximate surface area is 204 Å². The zero-order valence-electron chi connectivity index (χ0n) is 17.6. The number of carboxylic acid groups (broad SMARTS) is 1. The first kappa shape index (κ1) is 25.4. The molecule has 1 aliphatic rings. The molecule has 0 aliphatic heterocycles. The maximum absolute atomic E-state index is 12.3.